The summed E-state index contributed by atoms with van der Waals surface area (Å²) in [5, 5.41) is 0. The molecule has 0 atom stereocenters. The van der Waals surface area contributed by atoms with Crippen LogP contribution in [0.3, 0.4) is 0 Å². The SMILES string of the molecule is CCOC(=O)C(=O)N(CC)CC(CC)CC. The van der Waals surface area contributed by atoms with Crippen molar-refractivity contribution >= 4 is 11.9 Å². The van der Waals surface area contributed by atoms with Gasteiger partial charge in [-0.15, -0.1) is 0 Å². The van der Waals surface area contributed by atoms with Gasteiger partial charge in [0.2, 0.25) is 0 Å². The average molecular weight is 229 g/mol. The number of ether oxygens (including phenoxy) is 1. The molecular formula is C12H23NO3. The van der Waals surface area contributed by atoms with Gasteiger partial charge in [-0.25, -0.2) is 4.79 Å². The van der Waals surface area contributed by atoms with Crippen LogP contribution >= 0.6 is 0 Å². The lowest BCUT2D eigenvalue weighted by Crippen LogP contribution is -2.40. The fourth-order valence-electron chi connectivity index (χ4n) is 1.54. The van der Waals surface area contributed by atoms with Crippen LogP contribution in [0.4, 0.5) is 0 Å². The molecule has 0 rings (SSSR count). The summed E-state index contributed by atoms with van der Waals surface area (Å²) in [5.74, 6) is -0.801. The molecule has 0 aliphatic carbocycles. The summed E-state index contributed by atoms with van der Waals surface area (Å²) in [4.78, 5) is 24.5. The number of hydrogen-bond acceptors (Lipinski definition) is 3. The second-order valence-corrected chi connectivity index (χ2v) is 3.75. The third-order valence-corrected chi connectivity index (χ3v) is 2.75. The van der Waals surface area contributed by atoms with E-state index >= 15 is 0 Å². The molecule has 0 N–H and O–H groups in total. The molecule has 0 saturated heterocycles. The molecule has 0 radical (unpaired) electrons. The highest BCUT2D eigenvalue weighted by Crippen LogP contribution is 2.10. The summed E-state index contributed by atoms with van der Waals surface area (Å²) in [6, 6.07) is 0. The number of esters is 1. The molecule has 0 unspecified atom stereocenters. The summed E-state index contributed by atoms with van der Waals surface area (Å²) in [7, 11) is 0. The molecule has 16 heavy (non-hydrogen) atoms. The van der Waals surface area contributed by atoms with Crippen LogP contribution in [0.5, 0.6) is 0 Å². The van der Waals surface area contributed by atoms with Crippen molar-refractivity contribution in [2.24, 2.45) is 5.92 Å². The fraction of sp³-hybridized carbons (Fsp3) is 0.833. The summed E-state index contributed by atoms with van der Waals surface area (Å²) in [5.41, 5.74) is 0. The molecule has 94 valence electrons. The van der Waals surface area contributed by atoms with Gasteiger partial charge in [-0.05, 0) is 19.8 Å². The van der Waals surface area contributed by atoms with Crippen LogP contribution in [-0.4, -0.2) is 36.5 Å². The molecule has 0 fully saturated rings. The van der Waals surface area contributed by atoms with Crippen LogP contribution < -0.4 is 0 Å². The Hall–Kier alpha value is -1.06. The summed E-state index contributed by atoms with van der Waals surface area (Å²) in [6.45, 7) is 9.19. The Balaban J connectivity index is 4.36. The maximum Gasteiger partial charge on any atom is 0.397 e. The van der Waals surface area contributed by atoms with E-state index in [1.54, 1.807) is 11.8 Å². The topological polar surface area (TPSA) is 46.6 Å². The first kappa shape index (κ1) is 14.9. The van der Waals surface area contributed by atoms with Crippen LogP contribution in [0.2, 0.25) is 0 Å². The van der Waals surface area contributed by atoms with Crippen molar-refractivity contribution in [3.63, 3.8) is 0 Å². The van der Waals surface area contributed by atoms with E-state index in [1.165, 1.54) is 0 Å². The van der Waals surface area contributed by atoms with Gasteiger partial charge in [-0.2, -0.15) is 0 Å². The molecule has 0 aromatic rings. The van der Waals surface area contributed by atoms with E-state index in [1.807, 2.05) is 6.92 Å². The van der Waals surface area contributed by atoms with Crippen molar-refractivity contribution in [3.05, 3.63) is 0 Å². The van der Waals surface area contributed by atoms with Crippen molar-refractivity contribution < 1.29 is 14.3 Å². The fourth-order valence-corrected chi connectivity index (χ4v) is 1.54. The highest BCUT2D eigenvalue weighted by atomic mass is 16.5. The van der Waals surface area contributed by atoms with E-state index in [0.29, 0.717) is 19.0 Å². The van der Waals surface area contributed by atoms with Crippen molar-refractivity contribution in [3.8, 4) is 0 Å². The number of carbonyl (C=O) groups excluding carboxylic acids is 2. The van der Waals surface area contributed by atoms with Gasteiger partial charge in [0.1, 0.15) is 0 Å². The van der Waals surface area contributed by atoms with Crippen molar-refractivity contribution in [1.82, 2.24) is 4.90 Å². The highest BCUT2D eigenvalue weighted by Gasteiger charge is 2.23. The highest BCUT2D eigenvalue weighted by molar-refractivity contribution is 6.32. The molecule has 0 aliphatic heterocycles. The summed E-state index contributed by atoms with van der Waals surface area (Å²) in [6.07, 6.45) is 2.03. The van der Waals surface area contributed by atoms with E-state index < -0.39 is 11.9 Å². The number of rotatable bonds is 6. The number of hydrogen-bond donors (Lipinski definition) is 0. The molecule has 0 heterocycles. The number of likely N-dealkylation sites (N-methyl/N-ethyl adjacent to an activating group) is 1. The second kappa shape index (κ2) is 8.13. The van der Waals surface area contributed by atoms with E-state index in [4.69, 9.17) is 4.74 Å². The van der Waals surface area contributed by atoms with E-state index in [0.717, 1.165) is 12.8 Å². The molecule has 0 aromatic carbocycles. The zero-order chi connectivity index (χ0) is 12.6. The Bertz CT molecular complexity index is 224. The van der Waals surface area contributed by atoms with Crippen molar-refractivity contribution in [2.45, 2.75) is 40.5 Å². The number of nitrogens with zero attached hydrogens (tertiary/aromatic N) is 1. The maximum absolute atomic E-state index is 11.7. The van der Waals surface area contributed by atoms with Gasteiger partial charge in [0, 0.05) is 13.1 Å². The van der Waals surface area contributed by atoms with Crippen molar-refractivity contribution in [2.75, 3.05) is 19.7 Å². The lowest BCUT2D eigenvalue weighted by atomic mass is 10.0. The summed E-state index contributed by atoms with van der Waals surface area (Å²) >= 11 is 0. The molecule has 0 aromatic heterocycles. The van der Waals surface area contributed by atoms with Crippen molar-refractivity contribution in [1.29, 1.82) is 0 Å². The van der Waals surface area contributed by atoms with Gasteiger partial charge < -0.3 is 9.64 Å². The van der Waals surface area contributed by atoms with E-state index in [9.17, 15) is 9.59 Å². The third kappa shape index (κ3) is 4.64. The minimum absolute atomic E-state index is 0.243. The first-order valence-corrected chi connectivity index (χ1v) is 6.06. The largest absolute Gasteiger partial charge is 0.459 e. The Morgan fingerprint density at radius 3 is 2.06 bits per heavy atom. The Labute approximate surface area is 98.0 Å². The quantitative estimate of drug-likeness (QED) is 0.515. The standard InChI is InChI=1S/C12H23NO3/c1-5-10(6-2)9-13(7-3)11(14)12(15)16-8-4/h10H,5-9H2,1-4H3. The first-order chi connectivity index (χ1) is 7.60. The molecule has 0 bridgehead atoms. The van der Waals surface area contributed by atoms with E-state index in [2.05, 4.69) is 13.8 Å². The Kier molecular flexibility index (Phi) is 7.60. The molecule has 1 amide bonds. The monoisotopic (exact) mass is 229 g/mol. The van der Waals surface area contributed by atoms with Crippen LogP contribution in [0.15, 0.2) is 0 Å². The van der Waals surface area contributed by atoms with Gasteiger partial charge in [-0.3, -0.25) is 4.79 Å². The van der Waals surface area contributed by atoms with Gasteiger partial charge in [0.25, 0.3) is 0 Å². The molecular weight excluding hydrogens is 206 g/mol. The second-order valence-electron chi connectivity index (χ2n) is 3.75. The van der Waals surface area contributed by atoms with Gasteiger partial charge in [-0.1, -0.05) is 26.7 Å². The van der Waals surface area contributed by atoms with E-state index in [-0.39, 0.29) is 6.61 Å². The normalized spacial score (nSPS) is 10.3. The van der Waals surface area contributed by atoms with Gasteiger partial charge >= 0.3 is 11.9 Å². The molecule has 0 saturated carbocycles. The predicted molar refractivity (Wildman–Crippen MR) is 63.0 cm³/mol. The van der Waals surface area contributed by atoms with Gasteiger partial charge in [0.05, 0.1) is 6.61 Å². The molecule has 4 heteroatoms. The van der Waals surface area contributed by atoms with Crippen LogP contribution in [0.25, 0.3) is 0 Å². The maximum atomic E-state index is 11.7. The van der Waals surface area contributed by atoms with Gasteiger partial charge in [0.15, 0.2) is 0 Å². The zero-order valence-electron chi connectivity index (χ0n) is 10.8. The Morgan fingerprint density at radius 2 is 1.69 bits per heavy atom. The van der Waals surface area contributed by atoms with Crippen LogP contribution in [-0.2, 0) is 14.3 Å². The lowest BCUT2D eigenvalue weighted by molar-refractivity contribution is -0.160. The number of carbonyl (C=O) groups is 2. The molecule has 4 nitrogen and oxygen atoms in total. The third-order valence-electron chi connectivity index (χ3n) is 2.75. The van der Waals surface area contributed by atoms with Crippen LogP contribution in [0, 0.1) is 5.92 Å². The average Bonchev–Trinajstić information content (AvgIpc) is 2.30. The summed E-state index contributed by atoms with van der Waals surface area (Å²) < 4.78 is 4.71. The first-order valence-electron chi connectivity index (χ1n) is 6.06. The minimum Gasteiger partial charge on any atom is -0.459 e. The minimum atomic E-state index is -0.740. The Morgan fingerprint density at radius 1 is 1.12 bits per heavy atom. The predicted octanol–water partition coefficient (Wildman–Crippen LogP) is 1.83. The number of amides is 1. The zero-order valence-corrected chi connectivity index (χ0v) is 10.8. The molecule has 0 aliphatic rings. The smallest absolute Gasteiger partial charge is 0.397 e. The molecule has 0 spiro atoms. The lowest BCUT2D eigenvalue weighted by Gasteiger charge is -2.24. The van der Waals surface area contributed by atoms with Crippen LogP contribution in [0.1, 0.15) is 40.5 Å².